The molecule has 1 unspecified atom stereocenters. The number of rotatable bonds is 8. The van der Waals surface area contributed by atoms with Crippen LogP contribution in [0.15, 0.2) is 145 Å². The molecular formula is C48H40N4. The standard InChI is InChI=1S/C48H40N4/c1-3-31-24-23-30(25-40(31)46-51-44-38-21-13-11-19-36(38)37-20-12-14-22-39(37)45(44)52-46)27-48-28-32(4-2)41(26-35(48)29-48)47-49-42(33-15-7-5-8-16-33)43(50-47)34-17-9-6-10-18-34/h5-26H,3-4,27-29H2,1-2H3,(H,49,50)(H,51,52). The zero-order valence-electron chi connectivity index (χ0n) is 29.6. The predicted molar refractivity (Wildman–Crippen MR) is 216 cm³/mol. The monoisotopic (exact) mass is 672 g/mol. The van der Waals surface area contributed by atoms with Gasteiger partial charge in [0, 0.05) is 38.5 Å². The van der Waals surface area contributed by atoms with Gasteiger partial charge in [-0.1, -0.05) is 152 Å². The second kappa shape index (κ2) is 12.1. The lowest BCUT2D eigenvalue weighted by Gasteiger charge is -2.23. The van der Waals surface area contributed by atoms with Crippen LogP contribution in [0.5, 0.6) is 0 Å². The molecule has 1 atom stereocenters. The average Bonchev–Trinajstić information content (AvgIpc) is 3.49. The number of allylic oxidation sites excluding steroid dienone is 4. The van der Waals surface area contributed by atoms with E-state index in [0.29, 0.717) is 0 Å². The molecule has 0 amide bonds. The molecule has 252 valence electrons. The number of nitrogens with one attached hydrogen (secondary N) is 2. The first-order valence-corrected chi connectivity index (χ1v) is 18.7. The molecular weight excluding hydrogens is 633 g/mol. The second-order valence-corrected chi connectivity index (χ2v) is 14.6. The van der Waals surface area contributed by atoms with Gasteiger partial charge in [-0.25, -0.2) is 9.97 Å². The van der Waals surface area contributed by atoms with Crippen LogP contribution in [0, 0.1) is 5.41 Å². The van der Waals surface area contributed by atoms with E-state index in [1.807, 2.05) is 0 Å². The Balaban J connectivity index is 1.01. The van der Waals surface area contributed by atoms with Crippen molar-refractivity contribution in [2.75, 3.05) is 0 Å². The maximum Gasteiger partial charge on any atom is 0.138 e. The van der Waals surface area contributed by atoms with Crippen LogP contribution in [0.2, 0.25) is 0 Å². The third kappa shape index (κ3) is 4.97. The molecule has 0 aliphatic heterocycles. The van der Waals surface area contributed by atoms with Crippen molar-refractivity contribution in [2.45, 2.75) is 46.0 Å². The number of H-pyrrole nitrogens is 2. The van der Waals surface area contributed by atoms with Crippen LogP contribution in [0.1, 0.15) is 50.1 Å². The molecule has 0 saturated heterocycles. The van der Waals surface area contributed by atoms with Crippen LogP contribution >= 0.6 is 0 Å². The Hall–Kier alpha value is -6.00. The Morgan fingerprint density at radius 1 is 0.615 bits per heavy atom. The summed E-state index contributed by atoms with van der Waals surface area (Å²) in [7, 11) is 0. The lowest BCUT2D eigenvalue weighted by atomic mass is 9.82. The van der Waals surface area contributed by atoms with Gasteiger partial charge >= 0.3 is 0 Å². The molecule has 2 aromatic heterocycles. The zero-order chi connectivity index (χ0) is 34.8. The smallest absolute Gasteiger partial charge is 0.138 e. The van der Waals surface area contributed by atoms with E-state index in [-0.39, 0.29) is 5.41 Å². The average molecular weight is 673 g/mol. The number of nitrogens with zero attached hydrogens (tertiary/aromatic N) is 2. The van der Waals surface area contributed by atoms with Crippen LogP contribution in [0.3, 0.4) is 0 Å². The van der Waals surface area contributed by atoms with Crippen LogP contribution in [-0.2, 0) is 12.8 Å². The number of imidazole rings is 2. The summed E-state index contributed by atoms with van der Waals surface area (Å²) in [6.45, 7) is 4.54. The lowest BCUT2D eigenvalue weighted by Crippen LogP contribution is -2.12. The summed E-state index contributed by atoms with van der Waals surface area (Å²) in [6.07, 6.45) is 7.65. The summed E-state index contributed by atoms with van der Waals surface area (Å²) >= 11 is 0. The summed E-state index contributed by atoms with van der Waals surface area (Å²) in [5.41, 5.74) is 14.9. The topological polar surface area (TPSA) is 57.4 Å². The molecule has 4 nitrogen and oxygen atoms in total. The Labute approximate surface area is 304 Å². The first-order valence-electron chi connectivity index (χ1n) is 18.7. The Bertz CT molecular complexity index is 2600. The Morgan fingerprint density at radius 3 is 2.02 bits per heavy atom. The SMILES string of the molecule is CCC1=C(c2nc(-c3ccccc3)c(-c3ccccc3)[nH]2)C=C2CC2(Cc2ccc(CC)c(-c3nc4c5ccccc5c5ccccc5c4[nH]3)c2)C1. The third-order valence-corrected chi connectivity index (χ3v) is 11.6. The number of hydrogen-bond acceptors (Lipinski definition) is 2. The summed E-state index contributed by atoms with van der Waals surface area (Å²) in [6, 6.07) is 45.6. The van der Waals surface area contributed by atoms with Gasteiger partial charge in [0.2, 0.25) is 0 Å². The molecule has 2 heterocycles. The molecule has 52 heavy (non-hydrogen) atoms. The fraction of sp³-hybridized carbons (Fsp3) is 0.167. The fourth-order valence-corrected chi connectivity index (χ4v) is 8.79. The van der Waals surface area contributed by atoms with Crippen molar-refractivity contribution in [3.8, 4) is 33.9 Å². The van der Waals surface area contributed by atoms with Crippen molar-refractivity contribution in [3.05, 3.63) is 162 Å². The van der Waals surface area contributed by atoms with Crippen molar-refractivity contribution in [3.63, 3.8) is 0 Å². The molecule has 1 saturated carbocycles. The highest BCUT2D eigenvalue weighted by atomic mass is 14.9. The van der Waals surface area contributed by atoms with Gasteiger partial charge in [0.1, 0.15) is 11.6 Å². The molecule has 0 bridgehead atoms. The number of aromatic amines is 2. The van der Waals surface area contributed by atoms with Crippen LogP contribution < -0.4 is 0 Å². The van der Waals surface area contributed by atoms with Gasteiger partial charge in [0.25, 0.3) is 0 Å². The molecule has 8 aromatic rings. The maximum atomic E-state index is 5.32. The Morgan fingerprint density at radius 2 is 1.29 bits per heavy atom. The number of benzene rings is 6. The molecule has 10 rings (SSSR count). The van der Waals surface area contributed by atoms with Crippen LogP contribution in [0.25, 0.3) is 72.1 Å². The molecule has 1 fully saturated rings. The first-order chi connectivity index (χ1) is 25.6. The largest absolute Gasteiger partial charge is 0.337 e. The minimum Gasteiger partial charge on any atom is -0.337 e. The van der Waals surface area contributed by atoms with Crippen molar-refractivity contribution >= 4 is 38.2 Å². The van der Waals surface area contributed by atoms with Gasteiger partial charge in [0.05, 0.1) is 22.4 Å². The van der Waals surface area contributed by atoms with Gasteiger partial charge < -0.3 is 9.97 Å². The van der Waals surface area contributed by atoms with E-state index >= 15 is 0 Å². The molecule has 4 heteroatoms. The second-order valence-electron chi connectivity index (χ2n) is 14.6. The van der Waals surface area contributed by atoms with Crippen LogP contribution in [-0.4, -0.2) is 19.9 Å². The highest BCUT2D eigenvalue weighted by Gasteiger charge is 2.51. The molecule has 0 spiro atoms. The summed E-state index contributed by atoms with van der Waals surface area (Å²) in [5.74, 6) is 1.93. The predicted octanol–water partition coefficient (Wildman–Crippen LogP) is 12.3. The normalized spacial score (nSPS) is 16.8. The van der Waals surface area contributed by atoms with Gasteiger partial charge in [0.15, 0.2) is 0 Å². The molecule has 2 aliphatic carbocycles. The highest BCUT2D eigenvalue weighted by molar-refractivity contribution is 6.23. The minimum absolute atomic E-state index is 0.178. The number of aromatic nitrogens is 4. The van der Waals surface area contributed by atoms with Crippen LogP contribution in [0.4, 0.5) is 0 Å². The third-order valence-electron chi connectivity index (χ3n) is 11.6. The highest BCUT2D eigenvalue weighted by Crippen LogP contribution is 2.62. The molecule has 6 aromatic carbocycles. The minimum atomic E-state index is 0.178. The van der Waals surface area contributed by atoms with E-state index in [1.54, 1.807) is 5.57 Å². The fourth-order valence-electron chi connectivity index (χ4n) is 8.79. The zero-order valence-corrected chi connectivity index (χ0v) is 29.6. The lowest BCUT2D eigenvalue weighted by molar-refractivity contribution is 0.519. The molecule has 2 aliphatic rings. The van der Waals surface area contributed by atoms with E-state index in [9.17, 15) is 0 Å². The summed E-state index contributed by atoms with van der Waals surface area (Å²) in [5, 5.41) is 4.92. The number of aryl methyl sites for hydroxylation is 1. The first kappa shape index (κ1) is 30.8. The number of hydrogen-bond donors (Lipinski definition) is 2. The summed E-state index contributed by atoms with van der Waals surface area (Å²) in [4.78, 5) is 18.2. The molecule has 0 radical (unpaired) electrons. The van der Waals surface area contributed by atoms with Crippen molar-refractivity contribution < 1.29 is 0 Å². The van der Waals surface area contributed by atoms with E-state index in [0.717, 1.165) is 77.3 Å². The van der Waals surface area contributed by atoms with E-state index in [2.05, 4.69) is 157 Å². The maximum absolute atomic E-state index is 5.32. The van der Waals surface area contributed by atoms with Crippen molar-refractivity contribution in [1.82, 2.24) is 19.9 Å². The van der Waals surface area contributed by atoms with E-state index in [1.165, 1.54) is 49.4 Å². The van der Waals surface area contributed by atoms with E-state index < -0.39 is 0 Å². The van der Waals surface area contributed by atoms with Crippen molar-refractivity contribution in [1.29, 1.82) is 0 Å². The Kier molecular flexibility index (Phi) is 7.14. The van der Waals surface area contributed by atoms with Gasteiger partial charge in [-0.05, 0) is 60.1 Å². The number of fused-ring (bicyclic) bond motifs is 7. The van der Waals surface area contributed by atoms with Gasteiger partial charge in [-0.2, -0.15) is 0 Å². The quantitative estimate of drug-likeness (QED) is 0.158. The molecule has 2 N–H and O–H groups in total. The van der Waals surface area contributed by atoms with E-state index in [4.69, 9.17) is 9.97 Å². The van der Waals surface area contributed by atoms with Crippen molar-refractivity contribution in [2.24, 2.45) is 5.41 Å². The van der Waals surface area contributed by atoms with Gasteiger partial charge in [-0.15, -0.1) is 0 Å². The summed E-state index contributed by atoms with van der Waals surface area (Å²) < 4.78 is 0. The van der Waals surface area contributed by atoms with Gasteiger partial charge in [-0.3, -0.25) is 0 Å².